The van der Waals surface area contributed by atoms with Gasteiger partial charge in [-0.05, 0) is 81.9 Å². The van der Waals surface area contributed by atoms with E-state index in [4.69, 9.17) is 10.5 Å². The van der Waals surface area contributed by atoms with E-state index >= 15 is 0 Å². The van der Waals surface area contributed by atoms with Crippen LogP contribution < -0.4 is 11.1 Å². The highest BCUT2D eigenvalue weighted by atomic mass is 32.2. The van der Waals surface area contributed by atoms with Crippen molar-refractivity contribution in [2.75, 3.05) is 39.3 Å². The number of amides is 2. The minimum absolute atomic E-state index is 0.0236. The molecule has 1 saturated heterocycles. The predicted molar refractivity (Wildman–Crippen MR) is 180 cm³/mol. The van der Waals surface area contributed by atoms with Crippen molar-refractivity contribution in [3.05, 3.63) is 53.6 Å². The van der Waals surface area contributed by atoms with Crippen LogP contribution in [-0.2, 0) is 19.6 Å². The number of unbranched alkanes of at least 4 members (excludes halogenated alkanes) is 2. The molecule has 4 N–H and O–H groups in total. The van der Waals surface area contributed by atoms with Gasteiger partial charge in [-0.1, -0.05) is 31.2 Å². The summed E-state index contributed by atoms with van der Waals surface area (Å²) in [5, 5.41) is 12.1. The summed E-state index contributed by atoms with van der Waals surface area (Å²) >= 11 is 0. The summed E-state index contributed by atoms with van der Waals surface area (Å²) in [6.45, 7) is 9.83. The third kappa shape index (κ3) is 9.17. The minimum atomic E-state index is -3.66. The average Bonchev–Trinajstić information content (AvgIpc) is 3.14. The number of rotatable bonds is 13. The number of nitrogens with zero attached hydrogens (tertiary/aromatic N) is 3. The molecule has 2 aromatic rings. The van der Waals surface area contributed by atoms with E-state index in [-0.39, 0.29) is 29.7 Å². The summed E-state index contributed by atoms with van der Waals surface area (Å²) in [7, 11) is -3.66. The maximum Gasteiger partial charge on any atom is 0.407 e. The monoisotopic (exact) mass is 653 g/mol. The highest BCUT2D eigenvalue weighted by Gasteiger charge is 2.36. The zero-order valence-electron chi connectivity index (χ0n) is 27.3. The molecule has 250 valence electrons. The first-order valence-corrected chi connectivity index (χ1v) is 17.4. The number of hydrogen-bond donors (Lipinski definition) is 3. The van der Waals surface area contributed by atoms with E-state index in [0.29, 0.717) is 49.8 Å². The number of hydrogen-bond acceptors (Lipinski definition) is 8. The lowest BCUT2D eigenvalue weighted by atomic mass is 10.0. The number of amidine groups is 1. The number of aliphatic imine (C=N–C) groups is 1. The van der Waals surface area contributed by atoms with Gasteiger partial charge in [0.15, 0.2) is 0 Å². The second-order valence-corrected chi connectivity index (χ2v) is 14.8. The van der Waals surface area contributed by atoms with E-state index in [9.17, 15) is 23.1 Å². The Kier molecular flexibility index (Phi) is 11.6. The molecule has 0 aliphatic carbocycles. The number of ether oxygens (including phenoxy) is 1. The highest BCUT2D eigenvalue weighted by Crippen LogP contribution is 2.34. The number of benzene rings is 2. The quantitative estimate of drug-likeness (QED) is 0.265. The van der Waals surface area contributed by atoms with Crippen LogP contribution >= 0.6 is 0 Å². The predicted octanol–water partition coefficient (Wildman–Crippen LogP) is 4.68. The van der Waals surface area contributed by atoms with Gasteiger partial charge in [-0.15, -0.1) is 0 Å². The summed E-state index contributed by atoms with van der Waals surface area (Å²) < 4.78 is 32.8. The zero-order chi connectivity index (χ0) is 33.5. The summed E-state index contributed by atoms with van der Waals surface area (Å²) in [6.07, 6.45) is 4.89. The van der Waals surface area contributed by atoms with Gasteiger partial charge in [0.05, 0.1) is 10.6 Å². The lowest BCUT2D eigenvalue weighted by Crippen LogP contribution is -2.51. The number of carbonyl (C=O) groups is 2. The summed E-state index contributed by atoms with van der Waals surface area (Å²) in [6, 6.07) is 12.4. The van der Waals surface area contributed by atoms with Gasteiger partial charge in [-0.25, -0.2) is 18.2 Å². The molecule has 12 heteroatoms. The van der Waals surface area contributed by atoms with E-state index in [1.54, 1.807) is 18.2 Å². The standard InChI is InChI=1S/C34H47N5O6S/c1-5-15-38(16-8-6-7-14-36-33(42)45-34(2,3)4)32(41)28-17-27-13-12-26(19-30(27)37-31(35)20-28)25-10-9-11-29(18-25)46(43,44)39-21-24(22-39)23-40/h9-13,17-19,24,40H,5-8,14-16,20-23H2,1-4H3,(H2,35,37)(H,36,42). The van der Waals surface area contributed by atoms with Crippen LogP contribution in [0.3, 0.4) is 0 Å². The van der Waals surface area contributed by atoms with Gasteiger partial charge in [0.2, 0.25) is 15.9 Å². The first-order valence-electron chi connectivity index (χ1n) is 16.0. The van der Waals surface area contributed by atoms with Crippen LogP contribution in [0.15, 0.2) is 57.9 Å². The van der Waals surface area contributed by atoms with Crippen molar-refractivity contribution in [2.24, 2.45) is 16.6 Å². The number of nitrogens with two attached hydrogens (primary N) is 1. The Morgan fingerprint density at radius 2 is 1.83 bits per heavy atom. The van der Waals surface area contributed by atoms with Crippen molar-refractivity contribution in [1.29, 1.82) is 0 Å². The van der Waals surface area contributed by atoms with Crippen LogP contribution in [0.2, 0.25) is 0 Å². The van der Waals surface area contributed by atoms with E-state index in [1.165, 1.54) is 4.31 Å². The van der Waals surface area contributed by atoms with Gasteiger partial charge >= 0.3 is 6.09 Å². The van der Waals surface area contributed by atoms with Crippen LogP contribution in [0.4, 0.5) is 10.5 Å². The third-order valence-electron chi connectivity index (χ3n) is 7.81. The normalized spacial score (nSPS) is 15.6. The van der Waals surface area contributed by atoms with Gasteiger partial charge < -0.3 is 25.8 Å². The largest absolute Gasteiger partial charge is 0.444 e. The molecule has 11 nitrogen and oxygen atoms in total. The maximum atomic E-state index is 13.7. The van der Waals surface area contributed by atoms with Crippen LogP contribution in [0.5, 0.6) is 0 Å². The van der Waals surface area contributed by atoms with Crippen LogP contribution in [0.1, 0.15) is 65.4 Å². The maximum absolute atomic E-state index is 13.7. The fourth-order valence-electron chi connectivity index (χ4n) is 5.42. The molecule has 46 heavy (non-hydrogen) atoms. The lowest BCUT2D eigenvalue weighted by Gasteiger charge is -2.36. The Balaban J connectivity index is 1.42. The van der Waals surface area contributed by atoms with Crippen LogP contribution in [0, 0.1) is 5.92 Å². The van der Waals surface area contributed by atoms with Crippen molar-refractivity contribution >= 4 is 39.6 Å². The molecular weight excluding hydrogens is 606 g/mol. The van der Waals surface area contributed by atoms with Gasteiger partial charge in [0, 0.05) is 62.8 Å². The van der Waals surface area contributed by atoms with E-state index in [1.807, 2.05) is 62.9 Å². The molecule has 2 amide bonds. The van der Waals surface area contributed by atoms with Gasteiger partial charge in [0.25, 0.3) is 0 Å². The summed E-state index contributed by atoms with van der Waals surface area (Å²) in [5.41, 5.74) is 9.21. The molecule has 1 fully saturated rings. The Bertz CT molecular complexity index is 1570. The highest BCUT2D eigenvalue weighted by molar-refractivity contribution is 7.89. The second-order valence-electron chi connectivity index (χ2n) is 12.9. The van der Waals surface area contributed by atoms with Crippen LogP contribution in [0.25, 0.3) is 17.2 Å². The smallest absolute Gasteiger partial charge is 0.407 e. The zero-order valence-corrected chi connectivity index (χ0v) is 28.1. The number of aliphatic hydroxyl groups is 1. The van der Waals surface area contributed by atoms with Crippen molar-refractivity contribution in [1.82, 2.24) is 14.5 Å². The number of fused-ring (bicyclic) bond motifs is 1. The third-order valence-corrected chi connectivity index (χ3v) is 9.64. The van der Waals surface area contributed by atoms with Crippen LogP contribution in [-0.4, -0.2) is 85.5 Å². The number of aliphatic hydroxyl groups excluding tert-OH is 1. The van der Waals surface area contributed by atoms with Crippen molar-refractivity contribution in [3.8, 4) is 11.1 Å². The molecule has 2 aliphatic heterocycles. The molecule has 4 rings (SSSR count). The molecular formula is C34H47N5O6S. The van der Waals surface area contributed by atoms with Gasteiger partial charge in [-0.2, -0.15) is 4.31 Å². The molecule has 2 aromatic carbocycles. The number of carbonyl (C=O) groups excluding carboxylic acids is 2. The average molecular weight is 654 g/mol. The first kappa shape index (κ1) is 35.1. The number of nitrogens with one attached hydrogen (secondary N) is 1. The fourth-order valence-corrected chi connectivity index (χ4v) is 7.06. The topological polar surface area (TPSA) is 155 Å². The Labute approximate surface area is 272 Å². The van der Waals surface area contributed by atoms with Crippen molar-refractivity contribution < 1.29 is 27.9 Å². The first-order chi connectivity index (χ1) is 21.8. The SMILES string of the molecule is CCCN(CCCCCNC(=O)OC(C)(C)C)C(=O)C1=Cc2ccc(-c3cccc(S(=O)(=O)N4CC(CO)C4)c3)cc2N=C(N)C1. The van der Waals surface area contributed by atoms with Crippen molar-refractivity contribution in [2.45, 2.75) is 70.3 Å². The lowest BCUT2D eigenvalue weighted by molar-refractivity contribution is -0.127. The molecule has 0 spiro atoms. The van der Waals surface area contributed by atoms with E-state index in [0.717, 1.165) is 42.4 Å². The van der Waals surface area contributed by atoms with E-state index < -0.39 is 21.7 Å². The second kappa shape index (κ2) is 15.2. The fraction of sp³-hybridized carbons (Fsp3) is 0.500. The minimum Gasteiger partial charge on any atom is -0.444 e. The molecule has 0 radical (unpaired) electrons. The number of alkyl carbamates (subject to hydrolysis) is 1. The van der Waals surface area contributed by atoms with Gasteiger partial charge in [0.1, 0.15) is 11.4 Å². The molecule has 0 unspecified atom stereocenters. The Morgan fingerprint density at radius 1 is 1.09 bits per heavy atom. The molecule has 0 saturated carbocycles. The Hall–Kier alpha value is -3.74. The molecule has 0 aromatic heterocycles. The Morgan fingerprint density at radius 3 is 2.52 bits per heavy atom. The molecule has 0 bridgehead atoms. The summed E-state index contributed by atoms with van der Waals surface area (Å²) in [4.78, 5) is 32.2. The van der Waals surface area contributed by atoms with Gasteiger partial charge in [-0.3, -0.25) is 4.79 Å². The molecule has 2 heterocycles. The molecule has 2 aliphatic rings. The molecule has 0 atom stereocenters. The van der Waals surface area contributed by atoms with E-state index in [2.05, 4.69) is 10.3 Å². The van der Waals surface area contributed by atoms with Crippen molar-refractivity contribution in [3.63, 3.8) is 0 Å². The summed E-state index contributed by atoms with van der Waals surface area (Å²) in [5.74, 6) is 0.230. The number of sulfonamides is 1.